The molecule has 7 nitrogen and oxygen atoms in total. The van der Waals surface area contributed by atoms with Crippen molar-refractivity contribution in [3.8, 4) is 5.75 Å². The monoisotopic (exact) mass is 390 g/mol. The van der Waals surface area contributed by atoms with E-state index in [-0.39, 0.29) is 23.3 Å². The van der Waals surface area contributed by atoms with Gasteiger partial charge in [0.05, 0.1) is 12.5 Å². The van der Waals surface area contributed by atoms with Crippen LogP contribution < -0.4 is 10.1 Å². The van der Waals surface area contributed by atoms with E-state index in [4.69, 9.17) is 9.26 Å². The molecule has 0 bridgehead atoms. The van der Waals surface area contributed by atoms with Crippen molar-refractivity contribution in [2.24, 2.45) is 0 Å². The fourth-order valence-corrected chi connectivity index (χ4v) is 3.09. The third-order valence-corrected chi connectivity index (χ3v) is 4.43. The molecule has 1 fully saturated rings. The summed E-state index contributed by atoms with van der Waals surface area (Å²) in [5.41, 5.74) is -0.272. The molecule has 2 amide bonds. The second kappa shape index (κ2) is 8.58. The van der Waals surface area contributed by atoms with Crippen LogP contribution >= 0.6 is 0 Å². The average molecular weight is 390 g/mol. The fourth-order valence-electron chi connectivity index (χ4n) is 3.09. The van der Waals surface area contributed by atoms with E-state index in [0.717, 1.165) is 19.4 Å². The second-order valence-electron chi connectivity index (χ2n) is 8.07. The number of likely N-dealkylation sites (tertiary alicyclic amines) is 1. The smallest absolute Gasteiger partial charge is 0.317 e. The highest BCUT2D eigenvalue weighted by molar-refractivity contribution is 5.75. The molecular formula is C20H27FN4O3. The summed E-state index contributed by atoms with van der Waals surface area (Å²) in [6.07, 6.45) is 2.29. The van der Waals surface area contributed by atoms with Crippen molar-refractivity contribution in [2.75, 3.05) is 19.7 Å². The predicted molar refractivity (Wildman–Crippen MR) is 102 cm³/mol. The van der Waals surface area contributed by atoms with Crippen molar-refractivity contribution in [3.63, 3.8) is 0 Å². The maximum Gasteiger partial charge on any atom is 0.317 e. The van der Waals surface area contributed by atoms with Crippen molar-refractivity contribution in [2.45, 2.75) is 51.5 Å². The minimum atomic E-state index is -0.298. The van der Waals surface area contributed by atoms with Crippen molar-refractivity contribution >= 4 is 6.03 Å². The maximum absolute atomic E-state index is 12.9. The number of rotatable bonds is 5. The van der Waals surface area contributed by atoms with Gasteiger partial charge in [0, 0.05) is 25.0 Å². The van der Waals surface area contributed by atoms with Gasteiger partial charge in [-0.3, -0.25) is 0 Å². The van der Waals surface area contributed by atoms with Crippen LogP contribution in [0.4, 0.5) is 9.18 Å². The zero-order valence-electron chi connectivity index (χ0n) is 16.6. The first kappa shape index (κ1) is 20.1. The highest BCUT2D eigenvalue weighted by Gasteiger charge is 2.29. The van der Waals surface area contributed by atoms with Gasteiger partial charge >= 0.3 is 6.03 Å². The van der Waals surface area contributed by atoms with E-state index in [9.17, 15) is 9.18 Å². The summed E-state index contributed by atoms with van der Waals surface area (Å²) < 4.78 is 23.9. The predicted octanol–water partition coefficient (Wildman–Crippen LogP) is 3.52. The van der Waals surface area contributed by atoms with Gasteiger partial charge in [-0.2, -0.15) is 4.98 Å². The van der Waals surface area contributed by atoms with Gasteiger partial charge in [-0.15, -0.1) is 0 Å². The summed E-state index contributed by atoms with van der Waals surface area (Å²) in [7, 11) is 0. The highest BCUT2D eigenvalue weighted by Crippen LogP contribution is 2.26. The molecule has 0 radical (unpaired) electrons. The molecule has 1 aliphatic rings. The first-order valence-electron chi connectivity index (χ1n) is 9.58. The number of hydrogen-bond donors (Lipinski definition) is 1. The minimum absolute atomic E-state index is 0.0405. The molecule has 2 aromatic rings. The first-order chi connectivity index (χ1) is 13.3. The molecule has 1 atom stereocenters. The lowest BCUT2D eigenvalue weighted by atomic mass is 9.98. The second-order valence-corrected chi connectivity index (χ2v) is 8.07. The fraction of sp³-hybridized carbons (Fsp3) is 0.550. The third-order valence-electron chi connectivity index (χ3n) is 4.43. The van der Waals surface area contributed by atoms with Gasteiger partial charge in [-0.1, -0.05) is 5.16 Å². The van der Waals surface area contributed by atoms with Gasteiger partial charge in [0.2, 0.25) is 5.89 Å². The molecule has 0 spiro atoms. The largest absolute Gasteiger partial charge is 0.493 e. The maximum atomic E-state index is 12.9. The number of benzene rings is 1. The van der Waals surface area contributed by atoms with E-state index in [1.54, 1.807) is 17.0 Å². The van der Waals surface area contributed by atoms with E-state index in [0.29, 0.717) is 37.0 Å². The Morgan fingerprint density at radius 1 is 1.36 bits per heavy atom. The number of piperidine rings is 1. The minimum Gasteiger partial charge on any atom is -0.493 e. The van der Waals surface area contributed by atoms with Gasteiger partial charge in [-0.05, 0) is 57.9 Å². The summed E-state index contributed by atoms with van der Waals surface area (Å²) in [6.45, 7) is 7.55. The Labute approximate surface area is 164 Å². The van der Waals surface area contributed by atoms with Crippen molar-refractivity contribution in [1.29, 1.82) is 0 Å². The molecule has 1 saturated heterocycles. The zero-order valence-corrected chi connectivity index (χ0v) is 16.6. The molecule has 1 aliphatic heterocycles. The van der Waals surface area contributed by atoms with Crippen molar-refractivity contribution in [3.05, 3.63) is 41.8 Å². The van der Waals surface area contributed by atoms with Crippen LogP contribution in [0.25, 0.3) is 0 Å². The van der Waals surface area contributed by atoms with Crippen molar-refractivity contribution in [1.82, 2.24) is 20.4 Å². The lowest BCUT2D eigenvalue weighted by Gasteiger charge is -2.33. The topological polar surface area (TPSA) is 80.5 Å². The van der Waals surface area contributed by atoms with Gasteiger partial charge < -0.3 is 19.5 Å². The van der Waals surface area contributed by atoms with Gasteiger partial charge in [0.25, 0.3) is 0 Å². The Morgan fingerprint density at radius 3 is 2.82 bits per heavy atom. The van der Waals surface area contributed by atoms with Gasteiger partial charge in [0.1, 0.15) is 11.6 Å². The van der Waals surface area contributed by atoms with E-state index >= 15 is 0 Å². The van der Waals surface area contributed by atoms with Crippen LogP contribution in [0.2, 0.25) is 0 Å². The number of aromatic nitrogens is 2. The summed E-state index contributed by atoms with van der Waals surface area (Å²) in [4.78, 5) is 18.7. The number of hydrogen-bond acceptors (Lipinski definition) is 5. The number of urea groups is 1. The highest BCUT2D eigenvalue weighted by atomic mass is 19.1. The van der Waals surface area contributed by atoms with Crippen LogP contribution in [-0.4, -0.2) is 46.3 Å². The summed E-state index contributed by atoms with van der Waals surface area (Å²) in [5.74, 6) is 1.46. The number of halogens is 1. The summed E-state index contributed by atoms with van der Waals surface area (Å²) >= 11 is 0. The van der Waals surface area contributed by atoms with Crippen molar-refractivity contribution < 1.29 is 18.4 Å². The molecule has 152 valence electrons. The number of nitrogens with one attached hydrogen (secondary N) is 1. The van der Waals surface area contributed by atoms with Crippen LogP contribution in [0.1, 0.15) is 51.2 Å². The van der Waals surface area contributed by atoms with Gasteiger partial charge in [-0.25, -0.2) is 9.18 Å². The average Bonchev–Trinajstić information content (AvgIpc) is 3.11. The van der Waals surface area contributed by atoms with E-state index in [1.807, 2.05) is 20.8 Å². The van der Waals surface area contributed by atoms with E-state index in [1.165, 1.54) is 12.1 Å². The van der Waals surface area contributed by atoms with E-state index in [2.05, 4.69) is 15.5 Å². The Hall–Kier alpha value is -2.64. The normalized spacial score (nSPS) is 17.4. The standard InChI is InChI=1S/C20H27FN4O3/c1-20(2,3)23-19(26)25-11-4-5-14(13-25)18-22-17(24-28-18)10-12-27-16-8-6-15(21)7-9-16/h6-9,14H,4-5,10-13H2,1-3H3,(H,23,26). The molecule has 0 aliphatic carbocycles. The summed E-state index contributed by atoms with van der Waals surface area (Å²) in [6, 6.07) is 5.80. The lowest BCUT2D eigenvalue weighted by molar-refractivity contribution is 0.164. The quantitative estimate of drug-likeness (QED) is 0.845. The van der Waals surface area contributed by atoms with E-state index < -0.39 is 0 Å². The van der Waals surface area contributed by atoms with Crippen LogP contribution in [0.15, 0.2) is 28.8 Å². The van der Waals surface area contributed by atoms with Gasteiger partial charge in [0.15, 0.2) is 5.82 Å². The number of carbonyl (C=O) groups excluding carboxylic acids is 1. The number of nitrogens with zero attached hydrogens (tertiary/aromatic N) is 3. The first-order valence-corrected chi connectivity index (χ1v) is 9.58. The molecule has 1 aromatic heterocycles. The Balaban J connectivity index is 1.51. The zero-order chi connectivity index (χ0) is 20.1. The molecule has 2 heterocycles. The van der Waals surface area contributed by atoms with Crippen LogP contribution in [0, 0.1) is 5.82 Å². The Morgan fingerprint density at radius 2 is 2.11 bits per heavy atom. The number of ether oxygens (including phenoxy) is 1. The summed E-state index contributed by atoms with van der Waals surface area (Å²) in [5, 5.41) is 7.01. The number of amides is 2. The molecule has 8 heteroatoms. The molecule has 1 aromatic carbocycles. The van der Waals surface area contributed by atoms with Crippen LogP contribution in [-0.2, 0) is 6.42 Å². The SMILES string of the molecule is CC(C)(C)NC(=O)N1CCCC(c2nc(CCOc3ccc(F)cc3)no2)C1. The molecule has 3 rings (SSSR count). The third kappa shape index (κ3) is 5.68. The molecule has 1 unspecified atom stereocenters. The Kier molecular flexibility index (Phi) is 6.16. The molecule has 28 heavy (non-hydrogen) atoms. The lowest BCUT2D eigenvalue weighted by Crippen LogP contribution is -2.51. The van der Waals surface area contributed by atoms with Crippen LogP contribution in [0.5, 0.6) is 5.75 Å². The number of carbonyl (C=O) groups is 1. The molecule has 1 N–H and O–H groups in total. The van der Waals surface area contributed by atoms with Crippen LogP contribution in [0.3, 0.4) is 0 Å². The Bertz CT molecular complexity index is 785. The molecular weight excluding hydrogens is 363 g/mol. The molecule has 0 saturated carbocycles.